The fraction of sp³-hybridized carbons (Fsp3) is 0.143. The first-order chi connectivity index (χ1) is 13.1. The molecule has 1 amide bonds. The van der Waals surface area contributed by atoms with Gasteiger partial charge in [-0.3, -0.25) is 4.79 Å². The maximum atomic E-state index is 12.3. The van der Waals surface area contributed by atoms with Gasteiger partial charge in [-0.15, -0.1) is 6.42 Å². The summed E-state index contributed by atoms with van der Waals surface area (Å²) in [5.74, 6) is 2.84. The number of amides is 1. The first-order valence-electron chi connectivity index (χ1n) is 7.96. The lowest BCUT2D eigenvalue weighted by Gasteiger charge is -2.11. The average molecular weight is 425 g/mol. The number of ether oxygens (including phenoxy) is 2. The lowest BCUT2D eigenvalue weighted by atomic mass is 10.1. The van der Waals surface area contributed by atoms with Gasteiger partial charge in [-0.1, -0.05) is 52.2 Å². The predicted molar refractivity (Wildman–Crippen MR) is 107 cm³/mol. The second-order valence-corrected chi connectivity index (χ2v) is 6.21. The molecule has 5 nitrogen and oxygen atoms in total. The van der Waals surface area contributed by atoms with E-state index >= 15 is 0 Å². The van der Waals surface area contributed by atoms with Crippen molar-refractivity contribution < 1.29 is 14.3 Å². The van der Waals surface area contributed by atoms with Crippen molar-refractivity contribution in [2.75, 3.05) is 13.7 Å². The lowest BCUT2D eigenvalue weighted by molar-refractivity contribution is -0.117. The normalized spacial score (nSPS) is 10.4. The zero-order valence-electron chi connectivity index (χ0n) is 14.7. The molecule has 0 aliphatic rings. The molecule has 2 aromatic rings. The molecule has 6 heteroatoms. The molecule has 0 spiro atoms. The molecule has 0 heterocycles. The summed E-state index contributed by atoms with van der Waals surface area (Å²) < 4.78 is 11.4. The minimum atomic E-state index is -0.458. The van der Waals surface area contributed by atoms with Gasteiger partial charge in [-0.05, 0) is 29.3 Å². The first kappa shape index (κ1) is 20.1. The number of carbonyl (C=O) groups excluding carboxylic acids is 1. The summed E-state index contributed by atoms with van der Waals surface area (Å²) in [7, 11) is 1.50. The molecule has 27 heavy (non-hydrogen) atoms. The molecule has 0 bridgehead atoms. The molecular weight excluding hydrogens is 408 g/mol. The largest absolute Gasteiger partial charge is 0.493 e. The van der Waals surface area contributed by atoms with E-state index in [4.69, 9.17) is 15.9 Å². The number of methoxy groups -OCH3 is 1. The van der Waals surface area contributed by atoms with Crippen LogP contribution in [0.15, 0.2) is 52.5 Å². The summed E-state index contributed by atoms with van der Waals surface area (Å²) in [6, 6.07) is 14.7. The standard InChI is InChI=1S/C21H17BrN2O3/c1-3-9-27-20-12-18(22)16(11-19(20)26-2)10-17(13-23)21(25)24-14-15-7-5-4-6-8-15/h1,4-8,10-12H,9,14H2,2H3,(H,24,25)/b17-10-. The minimum absolute atomic E-state index is 0.0222. The highest BCUT2D eigenvalue weighted by molar-refractivity contribution is 9.10. The van der Waals surface area contributed by atoms with Crippen molar-refractivity contribution in [3.8, 4) is 29.9 Å². The minimum Gasteiger partial charge on any atom is -0.493 e. The summed E-state index contributed by atoms with van der Waals surface area (Å²) in [5.41, 5.74) is 1.53. The number of hydrogen-bond acceptors (Lipinski definition) is 4. The molecule has 0 aromatic heterocycles. The van der Waals surface area contributed by atoms with Crippen LogP contribution in [0, 0.1) is 23.7 Å². The average Bonchev–Trinajstić information content (AvgIpc) is 2.70. The molecule has 0 atom stereocenters. The predicted octanol–water partition coefficient (Wildman–Crippen LogP) is 3.69. The summed E-state index contributed by atoms with van der Waals surface area (Å²) in [5, 5.41) is 12.1. The van der Waals surface area contributed by atoms with Crippen molar-refractivity contribution in [1.82, 2.24) is 5.32 Å². The Kier molecular flexibility index (Phi) is 7.49. The van der Waals surface area contributed by atoms with E-state index in [2.05, 4.69) is 27.2 Å². The zero-order chi connectivity index (χ0) is 19.6. The fourth-order valence-electron chi connectivity index (χ4n) is 2.23. The Labute approximate surface area is 166 Å². The summed E-state index contributed by atoms with van der Waals surface area (Å²) >= 11 is 3.41. The molecule has 0 aliphatic heterocycles. The van der Waals surface area contributed by atoms with Crippen molar-refractivity contribution in [3.05, 3.63) is 63.6 Å². The van der Waals surface area contributed by atoms with Crippen LogP contribution in [0.5, 0.6) is 11.5 Å². The number of nitriles is 1. The summed E-state index contributed by atoms with van der Waals surface area (Å²) in [4.78, 5) is 12.3. The van der Waals surface area contributed by atoms with E-state index in [9.17, 15) is 10.1 Å². The Bertz CT molecular complexity index is 925. The highest BCUT2D eigenvalue weighted by Gasteiger charge is 2.13. The number of halogens is 1. The van der Waals surface area contributed by atoms with E-state index in [1.54, 1.807) is 12.1 Å². The van der Waals surface area contributed by atoms with Gasteiger partial charge in [0.25, 0.3) is 5.91 Å². The molecule has 2 aromatic carbocycles. The van der Waals surface area contributed by atoms with Gasteiger partial charge < -0.3 is 14.8 Å². The Morgan fingerprint density at radius 2 is 2.04 bits per heavy atom. The molecule has 0 radical (unpaired) electrons. The number of carbonyl (C=O) groups is 1. The van der Waals surface area contributed by atoms with Crippen molar-refractivity contribution in [3.63, 3.8) is 0 Å². The number of rotatable bonds is 7. The Morgan fingerprint density at radius 3 is 2.67 bits per heavy atom. The van der Waals surface area contributed by atoms with Crippen LogP contribution >= 0.6 is 15.9 Å². The third kappa shape index (κ3) is 5.64. The summed E-state index contributed by atoms with van der Waals surface area (Å²) in [6.07, 6.45) is 6.69. The number of terminal acetylenes is 1. The van der Waals surface area contributed by atoms with Gasteiger partial charge in [0, 0.05) is 11.0 Å². The SMILES string of the molecule is C#CCOc1cc(Br)c(/C=C(/C#N)C(=O)NCc2ccccc2)cc1OC. The molecule has 2 rings (SSSR count). The molecule has 0 fully saturated rings. The highest BCUT2D eigenvalue weighted by atomic mass is 79.9. The van der Waals surface area contributed by atoms with Crippen molar-refractivity contribution >= 4 is 27.9 Å². The van der Waals surface area contributed by atoms with Crippen LogP contribution in [-0.4, -0.2) is 19.6 Å². The molecule has 0 aliphatic carbocycles. The second-order valence-electron chi connectivity index (χ2n) is 5.36. The van der Waals surface area contributed by atoms with E-state index in [-0.39, 0.29) is 12.2 Å². The van der Waals surface area contributed by atoms with Crippen LogP contribution in [0.3, 0.4) is 0 Å². The van der Waals surface area contributed by atoms with E-state index in [1.807, 2.05) is 36.4 Å². The van der Waals surface area contributed by atoms with Gasteiger partial charge in [0.15, 0.2) is 11.5 Å². The first-order valence-corrected chi connectivity index (χ1v) is 8.76. The molecule has 1 N–H and O–H groups in total. The van der Waals surface area contributed by atoms with E-state index < -0.39 is 5.91 Å². The number of nitrogens with one attached hydrogen (secondary N) is 1. The maximum absolute atomic E-state index is 12.3. The van der Waals surface area contributed by atoms with Crippen LogP contribution in [0.1, 0.15) is 11.1 Å². The topological polar surface area (TPSA) is 71.3 Å². The quantitative estimate of drug-likeness (QED) is 0.417. The summed E-state index contributed by atoms with van der Waals surface area (Å²) in [6.45, 7) is 0.436. The van der Waals surface area contributed by atoms with E-state index in [1.165, 1.54) is 13.2 Å². The van der Waals surface area contributed by atoms with E-state index in [0.717, 1.165) is 5.56 Å². The van der Waals surface area contributed by atoms with Gasteiger partial charge in [-0.2, -0.15) is 5.26 Å². The van der Waals surface area contributed by atoms with Gasteiger partial charge in [0.05, 0.1) is 7.11 Å². The van der Waals surface area contributed by atoms with E-state index in [0.29, 0.717) is 28.1 Å². The van der Waals surface area contributed by atoms with Crippen LogP contribution in [0.25, 0.3) is 6.08 Å². The van der Waals surface area contributed by atoms with Crippen LogP contribution in [0.4, 0.5) is 0 Å². The monoisotopic (exact) mass is 424 g/mol. The van der Waals surface area contributed by atoms with Crippen LogP contribution in [-0.2, 0) is 11.3 Å². The van der Waals surface area contributed by atoms with Gasteiger partial charge in [0.2, 0.25) is 0 Å². The van der Waals surface area contributed by atoms with Crippen LogP contribution in [0.2, 0.25) is 0 Å². The van der Waals surface area contributed by atoms with Gasteiger partial charge in [-0.25, -0.2) is 0 Å². The van der Waals surface area contributed by atoms with Crippen molar-refractivity contribution in [2.24, 2.45) is 0 Å². The van der Waals surface area contributed by atoms with Crippen LogP contribution < -0.4 is 14.8 Å². The maximum Gasteiger partial charge on any atom is 0.262 e. The Balaban J connectivity index is 2.22. The number of nitrogens with zero attached hydrogens (tertiary/aromatic N) is 1. The Morgan fingerprint density at radius 1 is 1.30 bits per heavy atom. The Hall–Kier alpha value is -3.22. The third-order valence-corrected chi connectivity index (χ3v) is 4.24. The highest BCUT2D eigenvalue weighted by Crippen LogP contribution is 2.34. The fourth-order valence-corrected chi connectivity index (χ4v) is 2.67. The molecule has 0 saturated heterocycles. The molecular formula is C21H17BrN2O3. The van der Waals surface area contributed by atoms with Gasteiger partial charge >= 0.3 is 0 Å². The smallest absolute Gasteiger partial charge is 0.262 e. The zero-order valence-corrected chi connectivity index (χ0v) is 16.2. The molecule has 0 saturated carbocycles. The van der Waals surface area contributed by atoms with Gasteiger partial charge in [0.1, 0.15) is 18.2 Å². The van der Waals surface area contributed by atoms with Crippen molar-refractivity contribution in [2.45, 2.75) is 6.54 Å². The van der Waals surface area contributed by atoms with Crippen molar-refractivity contribution in [1.29, 1.82) is 5.26 Å². The molecule has 136 valence electrons. The lowest BCUT2D eigenvalue weighted by Crippen LogP contribution is -2.23. The molecule has 0 unspecified atom stereocenters. The third-order valence-electron chi connectivity index (χ3n) is 3.55. The number of benzene rings is 2. The second kappa shape index (κ2) is 10.1. The number of hydrogen-bond donors (Lipinski definition) is 1.